The van der Waals surface area contributed by atoms with Crippen molar-refractivity contribution >= 4 is 11.6 Å². The molecule has 1 aromatic heterocycles. The molecule has 1 aromatic carbocycles. The highest BCUT2D eigenvalue weighted by molar-refractivity contribution is 5.81. The lowest BCUT2D eigenvalue weighted by Crippen LogP contribution is -2.41. The van der Waals surface area contributed by atoms with Crippen LogP contribution in [0.2, 0.25) is 0 Å². The molecule has 1 atom stereocenters. The van der Waals surface area contributed by atoms with Crippen molar-refractivity contribution < 1.29 is 19.0 Å². The average molecular weight is 301 g/mol. The smallest absolute Gasteiger partial charge is 0.262 e. The van der Waals surface area contributed by atoms with E-state index in [-0.39, 0.29) is 6.61 Å². The van der Waals surface area contributed by atoms with Gasteiger partial charge in [-0.25, -0.2) is 4.98 Å². The molecule has 2 aromatic rings. The Labute approximate surface area is 126 Å². The van der Waals surface area contributed by atoms with E-state index >= 15 is 0 Å². The second kappa shape index (κ2) is 5.44. The number of carbonyl (C=O) groups is 1. The number of fused-ring (bicyclic) bond motifs is 1. The lowest BCUT2D eigenvalue weighted by Gasteiger charge is -2.26. The van der Waals surface area contributed by atoms with Gasteiger partial charge in [-0.3, -0.25) is 4.79 Å². The van der Waals surface area contributed by atoms with Gasteiger partial charge in [0.05, 0.1) is 18.5 Å². The number of nitrogen functional groups attached to an aromatic ring is 1. The third-order valence-electron chi connectivity index (χ3n) is 3.31. The molecule has 22 heavy (non-hydrogen) atoms. The lowest BCUT2D eigenvalue weighted by atomic mass is 10.1. The van der Waals surface area contributed by atoms with E-state index in [1.807, 2.05) is 12.1 Å². The summed E-state index contributed by atoms with van der Waals surface area (Å²) in [5.41, 5.74) is 12.8. The molecule has 0 unspecified atom stereocenters. The number of anilines is 1. The van der Waals surface area contributed by atoms with Crippen LogP contribution in [0.15, 0.2) is 30.3 Å². The molecule has 1 aliphatic rings. The summed E-state index contributed by atoms with van der Waals surface area (Å²) >= 11 is 0. The zero-order chi connectivity index (χ0) is 15.7. The maximum absolute atomic E-state index is 11.3. The summed E-state index contributed by atoms with van der Waals surface area (Å²) in [7, 11) is 1.49. The molecule has 114 valence electrons. The largest absolute Gasteiger partial charge is 0.485 e. The first-order valence-electron chi connectivity index (χ1n) is 6.63. The van der Waals surface area contributed by atoms with Crippen LogP contribution in [0, 0.1) is 0 Å². The van der Waals surface area contributed by atoms with E-state index in [4.69, 9.17) is 25.7 Å². The van der Waals surface area contributed by atoms with E-state index in [0.29, 0.717) is 34.3 Å². The predicted octanol–water partition coefficient (Wildman–Crippen LogP) is 0.965. The fraction of sp³-hybridized carbons (Fsp3) is 0.200. The minimum atomic E-state index is -0.829. The quantitative estimate of drug-likeness (QED) is 0.874. The molecule has 0 radical (unpaired) electrons. The van der Waals surface area contributed by atoms with E-state index in [1.54, 1.807) is 18.2 Å². The summed E-state index contributed by atoms with van der Waals surface area (Å²) in [5.74, 6) is 0.700. The summed E-state index contributed by atoms with van der Waals surface area (Å²) in [5, 5.41) is 0. The molecule has 0 fully saturated rings. The molecule has 0 saturated heterocycles. The van der Waals surface area contributed by atoms with Gasteiger partial charge in [-0.05, 0) is 24.3 Å². The second-order valence-electron chi connectivity index (χ2n) is 4.75. The summed E-state index contributed by atoms with van der Waals surface area (Å²) < 4.78 is 16.3. The molecule has 2 heterocycles. The Kier molecular flexibility index (Phi) is 3.46. The first kappa shape index (κ1) is 14.0. The van der Waals surface area contributed by atoms with Gasteiger partial charge in [-0.15, -0.1) is 0 Å². The van der Waals surface area contributed by atoms with Gasteiger partial charge in [-0.1, -0.05) is 6.07 Å². The number of primary amides is 1. The van der Waals surface area contributed by atoms with Crippen molar-refractivity contribution in [2.45, 2.75) is 6.10 Å². The number of nitrogens with zero attached hydrogens (tertiary/aromatic N) is 1. The highest BCUT2D eigenvalue weighted by Gasteiger charge is 2.28. The number of aromatic nitrogens is 1. The summed E-state index contributed by atoms with van der Waals surface area (Å²) in [6.07, 6.45) is -0.829. The standard InChI is InChI=1S/C15H15N3O4/c1-20-15-9(16)5-6-10(18-15)8-3-2-4-11-13(8)22-12(7-21-11)14(17)19/h2-6,12H,7,16H2,1H3,(H2,17,19)/t12-/m1/s1. The first-order valence-corrected chi connectivity index (χ1v) is 6.63. The minimum Gasteiger partial charge on any atom is -0.485 e. The summed E-state index contributed by atoms with van der Waals surface area (Å²) in [6.45, 7) is 0.0876. The minimum absolute atomic E-state index is 0.0876. The van der Waals surface area contributed by atoms with Crippen LogP contribution in [-0.2, 0) is 4.79 Å². The van der Waals surface area contributed by atoms with Gasteiger partial charge in [0.25, 0.3) is 5.91 Å². The van der Waals surface area contributed by atoms with E-state index in [1.165, 1.54) is 7.11 Å². The van der Waals surface area contributed by atoms with Crippen molar-refractivity contribution in [3.63, 3.8) is 0 Å². The van der Waals surface area contributed by atoms with Gasteiger partial charge in [0, 0.05) is 5.56 Å². The molecule has 7 heteroatoms. The molecule has 3 rings (SSSR count). The fourth-order valence-corrected chi connectivity index (χ4v) is 2.20. The van der Waals surface area contributed by atoms with Gasteiger partial charge in [-0.2, -0.15) is 0 Å². The number of benzene rings is 1. The van der Waals surface area contributed by atoms with Crippen LogP contribution >= 0.6 is 0 Å². The van der Waals surface area contributed by atoms with Crippen LogP contribution < -0.4 is 25.7 Å². The van der Waals surface area contributed by atoms with E-state index in [2.05, 4.69) is 4.98 Å². The van der Waals surface area contributed by atoms with Crippen molar-refractivity contribution in [1.82, 2.24) is 4.98 Å². The van der Waals surface area contributed by atoms with E-state index < -0.39 is 12.0 Å². The topological polar surface area (TPSA) is 110 Å². The number of hydrogen-bond acceptors (Lipinski definition) is 6. The number of ether oxygens (including phenoxy) is 3. The van der Waals surface area contributed by atoms with Gasteiger partial charge < -0.3 is 25.7 Å². The second-order valence-corrected chi connectivity index (χ2v) is 4.75. The Morgan fingerprint density at radius 1 is 1.36 bits per heavy atom. The van der Waals surface area contributed by atoms with Gasteiger partial charge in [0.1, 0.15) is 6.61 Å². The molecular weight excluding hydrogens is 286 g/mol. The molecule has 0 bridgehead atoms. The SMILES string of the molecule is COc1nc(-c2cccc3c2O[C@@H](C(N)=O)CO3)ccc1N. The van der Waals surface area contributed by atoms with Crippen molar-refractivity contribution in [1.29, 1.82) is 0 Å². The number of carbonyl (C=O) groups excluding carboxylic acids is 1. The Balaban J connectivity index is 2.07. The van der Waals surface area contributed by atoms with Crippen molar-refractivity contribution in [3.05, 3.63) is 30.3 Å². The Morgan fingerprint density at radius 2 is 2.18 bits per heavy atom. The molecule has 0 spiro atoms. The van der Waals surface area contributed by atoms with Crippen molar-refractivity contribution in [2.75, 3.05) is 19.5 Å². The van der Waals surface area contributed by atoms with E-state index in [0.717, 1.165) is 0 Å². The highest BCUT2D eigenvalue weighted by atomic mass is 16.6. The Morgan fingerprint density at radius 3 is 2.91 bits per heavy atom. The number of nitrogens with two attached hydrogens (primary N) is 2. The molecular formula is C15H15N3O4. The molecule has 1 amide bonds. The van der Waals surface area contributed by atoms with Gasteiger partial charge >= 0.3 is 0 Å². The molecule has 1 aliphatic heterocycles. The molecule has 0 saturated carbocycles. The van der Waals surface area contributed by atoms with Crippen LogP contribution in [0.4, 0.5) is 5.69 Å². The van der Waals surface area contributed by atoms with Gasteiger partial charge in [0.15, 0.2) is 11.5 Å². The third-order valence-corrected chi connectivity index (χ3v) is 3.31. The van der Waals surface area contributed by atoms with Crippen LogP contribution in [0.3, 0.4) is 0 Å². The predicted molar refractivity (Wildman–Crippen MR) is 79.7 cm³/mol. The fourth-order valence-electron chi connectivity index (χ4n) is 2.20. The Bertz CT molecular complexity index is 733. The maximum Gasteiger partial charge on any atom is 0.262 e. The van der Waals surface area contributed by atoms with Crippen LogP contribution in [-0.4, -0.2) is 30.7 Å². The van der Waals surface area contributed by atoms with Crippen molar-refractivity contribution in [3.8, 4) is 28.6 Å². The monoisotopic (exact) mass is 301 g/mol. The number of methoxy groups -OCH3 is 1. The van der Waals surface area contributed by atoms with Crippen LogP contribution in [0.1, 0.15) is 0 Å². The zero-order valence-corrected chi connectivity index (χ0v) is 11.9. The highest BCUT2D eigenvalue weighted by Crippen LogP contribution is 2.41. The van der Waals surface area contributed by atoms with E-state index in [9.17, 15) is 4.79 Å². The lowest BCUT2D eigenvalue weighted by molar-refractivity contribution is -0.126. The van der Waals surface area contributed by atoms with Gasteiger partial charge in [0.2, 0.25) is 12.0 Å². The average Bonchev–Trinajstić information content (AvgIpc) is 2.54. The zero-order valence-electron chi connectivity index (χ0n) is 11.9. The number of pyridine rings is 1. The number of para-hydroxylation sites is 1. The molecule has 0 aliphatic carbocycles. The maximum atomic E-state index is 11.3. The summed E-state index contributed by atoms with van der Waals surface area (Å²) in [6, 6.07) is 8.81. The number of rotatable bonds is 3. The first-order chi connectivity index (χ1) is 10.6. The van der Waals surface area contributed by atoms with Crippen LogP contribution in [0.5, 0.6) is 17.4 Å². The Hall–Kier alpha value is -2.96. The molecule has 7 nitrogen and oxygen atoms in total. The number of amides is 1. The van der Waals surface area contributed by atoms with Crippen molar-refractivity contribution in [2.24, 2.45) is 5.73 Å². The summed E-state index contributed by atoms with van der Waals surface area (Å²) in [4.78, 5) is 15.7. The number of hydrogen-bond donors (Lipinski definition) is 2. The normalized spacial score (nSPS) is 16.1. The third kappa shape index (κ3) is 2.37. The van der Waals surface area contributed by atoms with Crippen LogP contribution in [0.25, 0.3) is 11.3 Å². The molecule has 4 N–H and O–H groups in total.